The SMILES string of the molecule is CCN(CC(=O)Nc1ccccc1C)CC(C)C(N)=S. The highest BCUT2D eigenvalue weighted by Crippen LogP contribution is 2.13. The van der Waals surface area contributed by atoms with Gasteiger partial charge < -0.3 is 11.1 Å². The molecule has 0 heterocycles. The summed E-state index contributed by atoms with van der Waals surface area (Å²) in [6.45, 7) is 7.80. The van der Waals surface area contributed by atoms with E-state index in [0.717, 1.165) is 17.8 Å². The summed E-state index contributed by atoms with van der Waals surface area (Å²) in [5, 5.41) is 2.93. The largest absolute Gasteiger partial charge is 0.393 e. The highest BCUT2D eigenvalue weighted by Gasteiger charge is 2.14. The number of amides is 1. The fourth-order valence-electron chi connectivity index (χ4n) is 1.89. The molecule has 0 fully saturated rings. The van der Waals surface area contributed by atoms with Crippen LogP contribution in [0.3, 0.4) is 0 Å². The van der Waals surface area contributed by atoms with Gasteiger partial charge >= 0.3 is 0 Å². The van der Waals surface area contributed by atoms with Crippen molar-refractivity contribution in [2.24, 2.45) is 11.7 Å². The first-order chi connectivity index (χ1) is 9.43. The monoisotopic (exact) mass is 293 g/mol. The number of nitrogens with zero attached hydrogens (tertiary/aromatic N) is 1. The topological polar surface area (TPSA) is 58.4 Å². The van der Waals surface area contributed by atoms with Crippen LogP contribution in [0.1, 0.15) is 19.4 Å². The van der Waals surface area contributed by atoms with Gasteiger partial charge in [0.2, 0.25) is 5.91 Å². The van der Waals surface area contributed by atoms with Crippen molar-refractivity contribution in [2.75, 3.05) is 25.0 Å². The van der Waals surface area contributed by atoms with E-state index >= 15 is 0 Å². The molecule has 1 amide bonds. The smallest absolute Gasteiger partial charge is 0.238 e. The Morgan fingerprint density at radius 1 is 1.45 bits per heavy atom. The zero-order valence-corrected chi connectivity index (χ0v) is 13.2. The van der Waals surface area contributed by atoms with E-state index in [2.05, 4.69) is 5.32 Å². The second-order valence-electron chi connectivity index (χ2n) is 4.99. The van der Waals surface area contributed by atoms with Gasteiger partial charge in [-0.1, -0.05) is 44.3 Å². The molecule has 0 saturated carbocycles. The van der Waals surface area contributed by atoms with Gasteiger partial charge in [-0.05, 0) is 25.1 Å². The van der Waals surface area contributed by atoms with Gasteiger partial charge in [0.15, 0.2) is 0 Å². The number of para-hydroxylation sites is 1. The second-order valence-corrected chi connectivity index (χ2v) is 5.47. The molecule has 4 nitrogen and oxygen atoms in total. The average Bonchev–Trinajstić information content (AvgIpc) is 2.40. The Morgan fingerprint density at radius 2 is 2.10 bits per heavy atom. The summed E-state index contributed by atoms with van der Waals surface area (Å²) in [6.07, 6.45) is 0. The molecule has 0 aliphatic heterocycles. The molecular formula is C15H23N3OS. The predicted octanol–water partition coefficient (Wildman–Crippen LogP) is 2.18. The summed E-state index contributed by atoms with van der Waals surface area (Å²) in [7, 11) is 0. The Balaban J connectivity index is 2.55. The van der Waals surface area contributed by atoms with E-state index in [-0.39, 0.29) is 11.8 Å². The Kier molecular flexibility index (Phi) is 6.61. The third kappa shape index (κ3) is 5.27. The van der Waals surface area contributed by atoms with E-state index in [4.69, 9.17) is 18.0 Å². The van der Waals surface area contributed by atoms with Crippen LogP contribution in [0.25, 0.3) is 0 Å². The van der Waals surface area contributed by atoms with Gasteiger partial charge in [-0.25, -0.2) is 0 Å². The maximum absolute atomic E-state index is 12.1. The van der Waals surface area contributed by atoms with Crippen LogP contribution in [0, 0.1) is 12.8 Å². The van der Waals surface area contributed by atoms with Crippen LogP contribution in [0.4, 0.5) is 5.69 Å². The molecule has 0 radical (unpaired) electrons. The van der Waals surface area contributed by atoms with Gasteiger partial charge in [-0.15, -0.1) is 0 Å². The molecule has 110 valence electrons. The number of likely N-dealkylation sites (N-methyl/N-ethyl adjacent to an activating group) is 1. The van der Waals surface area contributed by atoms with Crippen LogP contribution in [0.15, 0.2) is 24.3 Å². The fourth-order valence-corrected chi connectivity index (χ4v) is 1.96. The maximum Gasteiger partial charge on any atom is 0.238 e. The molecule has 0 spiro atoms. The van der Waals surface area contributed by atoms with Crippen LogP contribution in [0.5, 0.6) is 0 Å². The second kappa shape index (κ2) is 7.97. The lowest BCUT2D eigenvalue weighted by molar-refractivity contribution is -0.117. The molecule has 1 aromatic rings. The third-order valence-electron chi connectivity index (χ3n) is 3.25. The van der Waals surface area contributed by atoms with E-state index in [1.54, 1.807) is 0 Å². The zero-order valence-electron chi connectivity index (χ0n) is 12.3. The summed E-state index contributed by atoms with van der Waals surface area (Å²) in [5.74, 6) is 0.0903. The molecule has 0 bridgehead atoms. The van der Waals surface area contributed by atoms with Crippen LogP contribution in [-0.2, 0) is 4.79 Å². The quantitative estimate of drug-likeness (QED) is 0.757. The summed E-state index contributed by atoms with van der Waals surface area (Å²) in [4.78, 5) is 14.6. The lowest BCUT2D eigenvalue weighted by Gasteiger charge is -2.23. The first-order valence-electron chi connectivity index (χ1n) is 6.81. The van der Waals surface area contributed by atoms with Crippen molar-refractivity contribution < 1.29 is 4.79 Å². The summed E-state index contributed by atoms with van der Waals surface area (Å²) < 4.78 is 0. The minimum absolute atomic E-state index is 0.0173. The highest BCUT2D eigenvalue weighted by molar-refractivity contribution is 7.80. The number of rotatable bonds is 7. The van der Waals surface area contributed by atoms with E-state index in [9.17, 15) is 4.79 Å². The molecule has 1 aromatic carbocycles. The molecule has 1 atom stereocenters. The molecule has 1 unspecified atom stereocenters. The van der Waals surface area contributed by atoms with Crippen molar-refractivity contribution in [2.45, 2.75) is 20.8 Å². The van der Waals surface area contributed by atoms with Crippen molar-refractivity contribution in [3.63, 3.8) is 0 Å². The number of nitrogens with one attached hydrogen (secondary N) is 1. The van der Waals surface area contributed by atoms with Crippen molar-refractivity contribution in [3.05, 3.63) is 29.8 Å². The fraction of sp³-hybridized carbons (Fsp3) is 0.467. The molecule has 0 aromatic heterocycles. The minimum Gasteiger partial charge on any atom is -0.393 e. The third-order valence-corrected chi connectivity index (χ3v) is 3.65. The van der Waals surface area contributed by atoms with Crippen molar-refractivity contribution in [1.82, 2.24) is 4.90 Å². The Bertz CT molecular complexity index is 476. The van der Waals surface area contributed by atoms with Crippen LogP contribution >= 0.6 is 12.2 Å². The number of anilines is 1. The lowest BCUT2D eigenvalue weighted by atomic mass is 10.1. The Labute approximate surface area is 126 Å². The molecule has 3 N–H and O–H groups in total. The standard InChI is InChI=1S/C15H23N3OS/c1-4-18(9-12(3)15(16)20)10-14(19)17-13-8-6-5-7-11(13)2/h5-8,12H,4,9-10H2,1-3H3,(H2,16,20)(H,17,19). The number of hydrogen-bond donors (Lipinski definition) is 2. The molecular weight excluding hydrogens is 270 g/mol. The lowest BCUT2D eigenvalue weighted by Crippen LogP contribution is -2.38. The van der Waals surface area contributed by atoms with Crippen molar-refractivity contribution >= 4 is 28.8 Å². The van der Waals surface area contributed by atoms with Crippen molar-refractivity contribution in [1.29, 1.82) is 0 Å². The predicted molar refractivity (Wildman–Crippen MR) is 87.9 cm³/mol. The number of thiocarbonyl (C=S) groups is 1. The summed E-state index contributed by atoms with van der Waals surface area (Å²) >= 11 is 4.97. The van der Waals surface area contributed by atoms with E-state index < -0.39 is 0 Å². The molecule has 20 heavy (non-hydrogen) atoms. The van der Waals surface area contributed by atoms with Gasteiger partial charge in [0.1, 0.15) is 0 Å². The number of carbonyl (C=O) groups is 1. The molecule has 0 aliphatic rings. The van der Waals surface area contributed by atoms with Gasteiger partial charge in [-0.3, -0.25) is 9.69 Å². The highest BCUT2D eigenvalue weighted by atomic mass is 32.1. The molecule has 5 heteroatoms. The minimum atomic E-state index is -0.0173. The van der Waals surface area contributed by atoms with Crippen LogP contribution in [0.2, 0.25) is 0 Å². The number of aryl methyl sites for hydroxylation is 1. The summed E-state index contributed by atoms with van der Waals surface area (Å²) in [5.41, 5.74) is 7.53. The average molecular weight is 293 g/mol. The Hall–Kier alpha value is -1.46. The van der Waals surface area contributed by atoms with E-state index in [1.807, 2.05) is 49.9 Å². The zero-order chi connectivity index (χ0) is 15.1. The first kappa shape index (κ1) is 16.6. The molecule has 0 aliphatic carbocycles. The maximum atomic E-state index is 12.1. The van der Waals surface area contributed by atoms with E-state index in [0.29, 0.717) is 18.1 Å². The van der Waals surface area contributed by atoms with Crippen LogP contribution in [-0.4, -0.2) is 35.4 Å². The van der Waals surface area contributed by atoms with Gasteiger partial charge in [-0.2, -0.15) is 0 Å². The van der Waals surface area contributed by atoms with Crippen LogP contribution < -0.4 is 11.1 Å². The number of nitrogens with two attached hydrogens (primary N) is 1. The molecule has 0 saturated heterocycles. The molecule has 1 rings (SSSR count). The van der Waals surface area contributed by atoms with Gasteiger partial charge in [0, 0.05) is 18.2 Å². The van der Waals surface area contributed by atoms with Gasteiger partial charge in [0.05, 0.1) is 11.5 Å². The number of hydrogen-bond acceptors (Lipinski definition) is 3. The van der Waals surface area contributed by atoms with E-state index in [1.165, 1.54) is 0 Å². The summed E-state index contributed by atoms with van der Waals surface area (Å²) in [6, 6.07) is 7.74. The Morgan fingerprint density at radius 3 is 2.65 bits per heavy atom. The first-order valence-corrected chi connectivity index (χ1v) is 7.22. The number of carbonyl (C=O) groups excluding carboxylic acids is 1. The van der Waals surface area contributed by atoms with Gasteiger partial charge in [0.25, 0.3) is 0 Å². The number of benzene rings is 1. The van der Waals surface area contributed by atoms with Crippen molar-refractivity contribution in [3.8, 4) is 0 Å². The normalized spacial score (nSPS) is 12.2.